The number of rotatable bonds is 4. The average Bonchev–Trinajstić information content (AvgIpc) is 3.27. The van der Waals surface area contributed by atoms with Crippen LogP contribution in [0.15, 0.2) is 53.8 Å². The molecule has 182 valence electrons. The zero-order valence-corrected chi connectivity index (χ0v) is 19.6. The average molecular weight is 478 g/mol. The molecule has 2 aliphatic rings. The molecule has 5 rings (SSSR count). The molecule has 11 nitrogen and oxygen atoms in total. The summed E-state index contributed by atoms with van der Waals surface area (Å²) in [6.45, 7) is 5.48. The summed E-state index contributed by atoms with van der Waals surface area (Å²) in [5.41, 5.74) is 13.7. The third-order valence-corrected chi connectivity index (χ3v) is 5.22. The summed E-state index contributed by atoms with van der Waals surface area (Å²) >= 11 is 0. The molecule has 4 bridgehead atoms. The molecule has 2 amide bonds. The van der Waals surface area contributed by atoms with Gasteiger partial charge in [0.05, 0.1) is 12.4 Å². The van der Waals surface area contributed by atoms with Gasteiger partial charge in [0.1, 0.15) is 11.9 Å². The van der Waals surface area contributed by atoms with E-state index in [1.807, 2.05) is 13.8 Å². The summed E-state index contributed by atoms with van der Waals surface area (Å²) in [6.07, 6.45) is 1.32. The first kappa shape index (κ1) is 23.6. The number of nitrogens with one attached hydrogen (secondary N) is 4. The van der Waals surface area contributed by atoms with Crippen LogP contribution < -0.4 is 31.4 Å². The maximum atomic E-state index is 13.2. The molecule has 6 N–H and O–H groups in total. The minimum Gasteiger partial charge on any atom is -0.487 e. The number of aliphatic imine (C=N–C) groups is 1. The summed E-state index contributed by atoms with van der Waals surface area (Å²) in [7, 11) is 0. The molecular formula is C24H27N7O4. The summed E-state index contributed by atoms with van der Waals surface area (Å²) < 4.78 is 11.7. The van der Waals surface area contributed by atoms with Crippen LogP contribution in [-0.2, 0) is 4.79 Å². The number of nitrogens with zero attached hydrogens (tertiary/aromatic N) is 2. The minimum absolute atomic E-state index is 0.0329. The van der Waals surface area contributed by atoms with Crippen molar-refractivity contribution >= 4 is 23.3 Å². The van der Waals surface area contributed by atoms with Gasteiger partial charge < -0.3 is 25.5 Å². The number of hydrogen-bond donors (Lipinski definition) is 5. The number of hydrazine groups is 1. The van der Waals surface area contributed by atoms with Gasteiger partial charge in [-0.2, -0.15) is 0 Å². The van der Waals surface area contributed by atoms with Gasteiger partial charge >= 0.3 is 0 Å². The molecule has 11 heteroatoms. The van der Waals surface area contributed by atoms with Crippen molar-refractivity contribution in [1.29, 1.82) is 0 Å². The van der Waals surface area contributed by atoms with E-state index in [2.05, 4.69) is 31.1 Å². The summed E-state index contributed by atoms with van der Waals surface area (Å²) in [4.78, 5) is 36.7. The smallest absolute Gasteiger partial charge is 0.290 e. The number of ether oxygens (including phenoxy) is 2. The predicted molar refractivity (Wildman–Crippen MR) is 130 cm³/mol. The number of aromatic nitrogens is 2. The highest BCUT2D eigenvalue weighted by molar-refractivity contribution is 5.98. The lowest BCUT2D eigenvalue weighted by Gasteiger charge is -2.22. The van der Waals surface area contributed by atoms with E-state index in [0.29, 0.717) is 39.8 Å². The SMILES string of the molecule is Cc1[nH]cnc1C(=O)NNC(=O)C1Nc2ccc(cc2)/C(N)=N\COc2cc1ccc2OC(C)C. The van der Waals surface area contributed by atoms with Gasteiger partial charge in [0, 0.05) is 16.9 Å². The van der Waals surface area contributed by atoms with Crippen LogP contribution in [0.3, 0.4) is 0 Å². The maximum Gasteiger partial charge on any atom is 0.290 e. The number of amidine groups is 1. The molecule has 0 radical (unpaired) electrons. The maximum absolute atomic E-state index is 13.2. The Labute approximate surface area is 202 Å². The summed E-state index contributed by atoms with van der Waals surface area (Å²) in [6, 6.07) is 11.5. The third kappa shape index (κ3) is 5.52. The van der Waals surface area contributed by atoms with Gasteiger partial charge in [-0.1, -0.05) is 6.07 Å². The number of amides is 2. The number of imidazole rings is 1. The van der Waals surface area contributed by atoms with Crippen LogP contribution in [0.25, 0.3) is 0 Å². The number of nitrogens with two attached hydrogens (primary N) is 1. The van der Waals surface area contributed by atoms with Crippen molar-refractivity contribution in [2.24, 2.45) is 10.7 Å². The number of H-pyrrole nitrogens is 1. The van der Waals surface area contributed by atoms with E-state index < -0.39 is 17.9 Å². The molecule has 0 spiro atoms. The highest BCUT2D eigenvalue weighted by Crippen LogP contribution is 2.33. The van der Waals surface area contributed by atoms with Crippen molar-refractivity contribution in [3.05, 3.63) is 71.3 Å². The number of aromatic amines is 1. The Morgan fingerprint density at radius 3 is 2.63 bits per heavy atom. The lowest BCUT2D eigenvalue weighted by Crippen LogP contribution is -2.45. The quantitative estimate of drug-likeness (QED) is 0.361. The van der Waals surface area contributed by atoms with E-state index in [9.17, 15) is 9.59 Å². The zero-order chi connectivity index (χ0) is 24.9. The Bertz CT molecular complexity index is 1250. The normalized spacial score (nSPS) is 16.5. The van der Waals surface area contributed by atoms with Crippen molar-refractivity contribution in [3.8, 4) is 11.5 Å². The first-order chi connectivity index (χ1) is 16.8. The van der Waals surface area contributed by atoms with Gasteiger partial charge in [0.15, 0.2) is 23.9 Å². The molecule has 0 aliphatic carbocycles. The first-order valence-electron chi connectivity index (χ1n) is 11.0. The Kier molecular flexibility index (Phi) is 6.86. The molecule has 0 saturated carbocycles. The largest absolute Gasteiger partial charge is 0.487 e. The van der Waals surface area contributed by atoms with Gasteiger partial charge in [-0.25, -0.2) is 9.98 Å². The lowest BCUT2D eigenvalue weighted by atomic mass is 10.0. The number of fused-ring (bicyclic) bond motifs is 5. The van der Waals surface area contributed by atoms with Gasteiger partial charge in [-0.3, -0.25) is 20.4 Å². The van der Waals surface area contributed by atoms with E-state index in [4.69, 9.17) is 15.2 Å². The monoisotopic (exact) mass is 477 g/mol. The second-order valence-corrected chi connectivity index (χ2v) is 8.16. The highest BCUT2D eigenvalue weighted by atomic mass is 16.5. The number of aryl methyl sites for hydroxylation is 1. The molecule has 1 aromatic heterocycles. The molecule has 0 saturated heterocycles. The van der Waals surface area contributed by atoms with Crippen molar-refractivity contribution in [2.45, 2.75) is 32.9 Å². The number of benzene rings is 2. The van der Waals surface area contributed by atoms with Gasteiger partial charge in [-0.15, -0.1) is 0 Å². The molecule has 2 aliphatic heterocycles. The topological polar surface area (TPSA) is 156 Å². The zero-order valence-electron chi connectivity index (χ0n) is 19.6. The van der Waals surface area contributed by atoms with E-state index in [1.54, 1.807) is 49.4 Å². The summed E-state index contributed by atoms with van der Waals surface area (Å²) in [5, 5.41) is 3.20. The molecule has 1 unspecified atom stereocenters. The number of anilines is 1. The molecule has 3 aromatic rings. The van der Waals surface area contributed by atoms with Crippen LogP contribution >= 0.6 is 0 Å². The summed E-state index contributed by atoms with van der Waals surface area (Å²) in [5.74, 6) is 0.205. The molecule has 35 heavy (non-hydrogen) atoms. The Morgan fingerprint density at radius 2 is 1.94 bits per heavy atom. The molecule has 3 heterocycles. The van der Waals surface area contributed by atoms with Crippen LogP contribution in [0.1, 0.15) is 47.2 Å². The standard InChI is InChI=1S/C24H27N7O4/c1-13(2)35-18-9-6-16-10-19(18)34-12-28-22(25)15-4-7-17(8-5-15)29-21(16)24(33)31-30-23(32)20-14(3)26-11-27-20/h4-11,13,21,29H,12H2,1-3H3,(H2,25,28)(H,26,27)(H,30,32)(H,31,33). The van der Waals surface area contributed by atoms with Gasteiger partial charge in [-0.05, 0) is 62.7 Å². The van der Waals surface area contributed by atoms with Crippen LogP contribution in [0, 0.1) is 6.92 Å². The van der Waals surface area contributed by atoms with E-state index in [0.717, 1.165) is 0 Å². The van der Waals surface area contributed by atoms with Crippen LogP contribution in [-0.4, -0.2) is 40.5 Å². The van der Waals surface area contributed by atoms with E-state index in [1.165, 1.54) is 6.33 Å². The van der Waals surface area contributed by atoms with Crippen LogP contribution in [0.2, 0.25) is 0 Å². The van der Waals surface area contributed by atoms with Gasteiger partial charge in [0.25, 0.3) is 11.8 Å². The first-order valence-corrected chi connectivity index (χ1v) is 11.0. The molecule has 1 atom stereocenters. The Balaban J connectivity index is 1.65. The van der Waals surface area contributed by atoms with Crippen LogP contribution in [0.4, 0.5) is 5.69 Å². The number of carbonyl (C=O) groups is 2. The fraction of sp³-hybridized carbons (Fsp3) is 0.250. The second kappa shape index (κ2) is 10.2. The van der Waals surface area contributed by atoms with Gasteiger partial charge in [0.2, 0.25) is 0 Å². The molecule has 0 fully saturated rings. The van der Waals surface area contributed by atoms with Crippen molar-refractivity contribution in [1.82, 2.24) is 20.8 Å². The van der Waals surface area contributed by atoms with E-state index >= 15 is 0 Å². The van der Waals surface area contributed by atoms with Crippen molar-refractivity contribution in [3.63, 3.8) is 0 Å². The Morgan fingerprint density at radius 1 is 1.17 bits per heavy atom. The number of carbonyl (C=O) groups excluding carboxylic acids is 2. The lowest BCUT2D eigenvalue weighted by molar-refractivity contribution is -0.122. The molecular weight excluding hydrogens is 450 g/mol. The van der Waals surface area contributed by atoms with Crippen molar-refractivity contribution in [2.75, 3.05) is 12.0 Å². The highest BCUT2D eigenvalue weighted by Gasteiger charge is 2.24. The fourth-order valence-corrected chi connectivity index (χ4v) is 3.47. The fourth-order valence-electron chi connectivity index (χ4n) is 3.47. The minimum atomic E-state index is -0.879. The Hall–Kier alpha value is -4.54. The van der Waals surface area contributed by atoms with Crippen molar-refractivity contribution < 1.29 is 19.1 Å². The van der Waals surface area contributed by atoms with Crippen LogP contribution in [0.5, 0.6) is 11.5 Å². The second-order valence-electron chi connectivity index (χ2n) is 8.16. The predicted octanol–water partition coefficient (Wildman–Crippen LogP) is 2.17. The number of hydrogen-bond acceptors (Lipinski definition) is 8. The third-order valence-electron chi connectivity index (χ3n) is 5.22. The molecule has 2 aromatic carbocycles. The van der Waals surface area contributed by atoms with E-state index in [-0.39, 0.29) is 18.5 Å².